The van der Waals surface area contributed by atoms with Gasteiger partial charge in [-0.05, 0) is 60.9 Å². The minimum Gasteiger partial charge on any atom is -0.493 e. The Morgan fingerprint density at radius 3 is 2.39 bits per heavy atom. The van der Waals surface area contributed by atoms with E-state index in [2.05, 4.69) is 15.9 Å². The summed E-state index contributed by atoms with van der Waals surface area (Å²) in [5, 5.41) is 0. The molecule has 0 spiro atoms. The van der Waals surface area contributed by atoms with Gasteiger partial charge in [-0.2, -0.15) is 0 Å². The van der Waals surface area contributed by atoms with Gasteiger partial charge in [0.15, 0.2) is 17.3 Å². The molecule has 0 heterocycles. The summed E-state index contributed by atoms with van der Waals surface area (Å²) in [5.41, 5.74) is 1.41. The summed E-state index contributed by atoms with van der Waals surface area (Å²) in [6.07, 6.45) is 8.36. The van der Waals surface area contributed by atoms with E-state index in [0.717, 1.165) is 35.7 Å². The van der Waals surface area contributed by atoms with Crippen LogP contribution in [-0.4, -0.2) is 18.9 Å². The summed E-state index contributed by atoms with van der Waals surface area (Å²) in [7, 11) is 1.54. The van der Waals surface area contributed by atoms with Crippen LogP contribution >= 0.6 is 15.9 Å². The third-order valence-electron chi connectivity index (χ3n) is 4.89. The van der Waals surface area contributed by atoms with Crippen LogP contribution in [0, 0.1) is 5.92 Å². The van der Waals surface area contributed by atoms with Crippen molar-refractivity contribution < 1.29 is 19.1 Å². The maximum Gasteiger partial charge on any atom is 0.314 e. The van der Waals surface area contributed by atoms with Gasteiger partial charge in [-0.1, -0.05) is 47.3 Å². The Balaban J connectivity index is 1.69. The number of carbonyl (C=O) groups excluding carboxylic acids is 2. The molecule has 2 aromatic carbocycles. The highest BCUT2D eigenvalue weighted by Gasteiger charge is 2.24. The first-order chi connectivity index (χ1) is 13.6. The lowest BCUT2D eigenvalue weighted by Crippen LogP contribution is -2.22. The van der Waals surface area contributed by atoms with Gasteiger partial charge in [0.05, 0.1) is 13.0 Å². The lowest BCUT2D eigenvalue weighted by molar-refractivity contribution is -0.140. The van der Waals surface area contributed by atoms with E-state index in [1.54, 1.807) is 36.4 Å². The molecule has 0 radical (unpaired) electrons. The minimum absolute atomic E-state index is 0.0263. The standard InChI is InChI=1S/C23H23BrO4/c1-27-22-15-16(7-13-20(25)17-9-11-19(24)12-10-17)8-14-21(22)28-23(26)18-5-3-2-4-6-18/h7-15,18H,2-6H2,1H3/b13-7+. The van der Waals surface area contributed by atoms with E-state index in [4.69, 9.17) is 9.47 Å². The number of ketones is 1. The smallest absolute Gasteiger partial charge is 0.314 e. The second-order valence-corrected chi connectivity index (χ2v) is 7.79. The Morgan fingerprint density at radius 2 is 1.71 bits per heavy atom. The number of allylic oxidation sites excluding steroid dienone is 1. The van der Waals surface area contributed by atoms with E-state index < -0.39 is 0 Å². The Morgan fingerprint density at radius 1 is 1.00 bits per heavy atom. The molecule has 28 heavy (non-hydrogen) atoms. The number of halogens is 1. The first kappa shape index (κ1) is 20.3. The van der Waals surface area contributed by atoms with Crippen molar-refractivity contribution in [2.24, 2.45) is 5.92 Å². The lowest BCUT2D eigenvalue weighted by Gasteiger charge is -2.20. The largest absolute Gasteiger partial charge is 0.493 e. The van der Waals surface area contributed by atoms with Crippen molar-refractivity contribution in [2.75, 3.05) is 7.11 Å². The summed E-state index contributed by atoms with van der Waals surface area (Å²) >= 11 is 3.36. The summed E-state index contributed by atoms with van der Waals surface area (Å²) in [6.45, 7) is 0. The molecule has 0 N–H and O–H groups in total. The summed E-state index contributed by atoms with van der Waals surface area (Å²) in [4.78, 5) is 24.6. The molecule has 146 valence electrons. The van der Waals surface area contributed by atoms with Gasteiger partial charge < -0.3 is 9.47 Å². The lowest BCUT2D eigenvalue weighted by atomic mass is 9.89. The predicted octanol–water partition coefficient (Wildman–Crippen LogP) is 5.84. The molecule has 0 saturated heterocycles. The molecule has 0 atom stereocenters. The van der Waals surface area contributed by atoms with Crippen molar-refractivity contribution >= 4 is 33.8 Å². The van der Waals surface area contributed by atoms with Gasteiger partial charge in [0.25, 0.3) is 0 Å². The van der Waals surface area contributed by atoms with Crippen LogP contribution in [0.3, 0.4) is 0 Å². The fourth-order valence-electron chi connectivity index (χ4n) is 3.28. The normalized spacial score (nSPS) is 14.8. The number of ether oxygens (including phenoxy) is 2. The van der Waals surface area contributed by atoms with E-state index in [0.29, 0.717) is 17.1 Å². The van der Waals surface area contributed by atoms with Crippen molar-refractivity contribution in [3.63, 3.8) is 0 Å². The van der Waals surface area contributed by atoms with Crippen molar-refractivity contribution in [1.29, 1.82) is 0 Å². The third-order valence-corrected chi connectivity index (χ3v) is 5.42. The molecule has 3 rings (SSSR count). The fourth-order valence-corrected chi connectivity index (χ4v) is 3.55. The zero-order chi connectivity index (χ0) is 19.9. The van der Waals surface area contributed by atoms with E-state index >= 15 is 0 Å². The zero-order valence-corrected chi connectivity index (χ0v) is 17.4. The number of hydrogen-bond donors (Lipinski definition) is 0. The first-order valence-electron chi connectivity index (χ1n) is 9.44. The molecule has 1 saturated carbocycles. The number of rotatable bonds is 6. The molecule has 1 aliphatic rings. The molecular weight excluding hydrogens is 420 g/mol. The molecule has 2 aromatic rings. The maximum atomic E-state index is 12.4. The molecule has 0 aromatic heterocycles. The van der Waals surface area contributed by atoms with E-state index in [1.165, 1.54) is 19.6 Å². The molecule has 0 unspecified atom stereocenters. The molecule has 1 aliphatic carbocycles. The maximum absolute atomic E-state index is 12.4. The van der Waals surface area contributed by atoms with Crippen molar-refractivity contribution in [3.8, 4) is 11.5 Å². The number of hydrogen-bond acceptors (Lipinski definition) is 4. The van der Waals surface area contributed by atoms with Crippen LogP contribution in [-0.2, 0) is 4.79 Å². The Kier molecular flexibility index (Phi) is 7.04. The van der Waals surface area contributed by atoms with E-state index in [-0.39, 0.29) is 17.7 Å². The SMILES string of the molecule is COc1cc(/C=C/C(=O)c2ccc(Br)cc2)ccc1OC(=O)C1CCCCC1. The average Bonchev–Trinajstić information content (AvgIpc) is 2.73. The molecule has 0 bridgehead atoms. The highest BCUT2D eigenvalue weighted by molar-refractivity contribution is 9.10. The van der Waals surface area contributed by atoms with Crippen molar-refractivity contribution in [2.45, 2.75) is 32.1 Å². The van der Waals surface area contributed by atoms with Crippen LogP contribution in [0.1, 0.15) is 48.0 Å². The summed E-state index contributed by atoms with van der Waals surface area (Å²) in [6, 6.07) is 12.5. The third kappa shape index (κ3) is 5.32. The van der Waals surface area contributed by atoms with Gasteiger partial charge in [-0.25, -0.2) is 0 Å². The molecule has 4 nitrogen and oxygen atoms in total. The summed E-state index contributed by atoms with van der Waals surface area (Å²) < 4.78 is 11.9. The molecule has 0 aliphatic heterocycles. The Labute approximate surface area is 173 Å². The van der Waals surface area contributed by atoms with Crippen LogP contribution < -0.4 is 9.47 Å². The quantitative estimate of drug-likeness (QED) is 0.244. The van der Waals surface area contributed by atoms with Crippen molar-refractivity contribution in [1.82, 2.24) is 0 Å². The molecular formula is C23H23BrO4. The number of esters is 1. The van der Waals surface area contributed by atoms with Crippen LogP contribution in [0.2, 0.25) is 0 Å². The first-order valence-corrected chi connectivity index (χ1v) is 10.2. The number of methoxy groups -OCH3 is 1. The van der Waals surface area contributed by atoms with E-state index in [9.17, 15) is 9.59 Å². The van der Waals surface area contributed by atoms with Crippen LogP contribution in [0.15, 0.2) is 53.0 Å². The summed E-state index contributed by atoms with van der Waals surface area (Å²) in [5.74, 6) is 0.587. The highest BCUT2D eigenvalue weighted by Crippen LogP contribution is 2.31. The second-order valence-electron chi connectivity index (χ2n) is 6.87. The predicted molar refractivity (Wildman–Crippen MR) is 113 cm³/mol. The van der Waals surface area contributed by atoms with Crippen LogP contribution in [0.5, 0.6) is 11.5 Å². The minimum atomic E-state index is -0.188. The molecule has 1 fully saturated rings. The van der Waals surface area contributed by atoms with Gasteiger partial charge in [0.1, 0.15) is 0 Å². The topological polar surface area (TPSA) is 52.6 Å². The van der Waals surface area contributed by atoms with Gasteiger partial charge >= 0.3 is 5.97 Å². The van der Waals surface area contributed by atoms with E-state index in [1.807, 2.05) is 12.1 Å². The monoisotopic (exact) mass is 442 g/mol. The second kappa shape index (κ2) is 9.69. The zero-order valence-electron chi connectivity index (χ0n) is 15.8. The van der Waals surface area contributed by atoms with Crippen molar-refractivity contribution in [3.05, 3.63) is 64.1 Å². The number of carbonyl (C=O) groups is 2. The molecule has 5 heteroatoms. The highest BCUT2D eigenvalue weighted by atomic mass is 79.9. The van der Waals surface area contributed by atoms with Crippen LogP contribution in [0.25, 0.3) is 6.08 Å². The van der Waals surface area contributed by atoms with Gasteiger partial charge in [-0.15, -0.1) is 0 Å². The van der Waals surface area contributed by atoms with Gasteiger partial charge in [-0.3, -0.25) is 9.59 Å². The van der Waals surface area contributed by atoms with Gasteiger partial charge in [0.2, 0.25) is 0 Å². The van der Waals surface area contributed by atoms with Crippen LogP contribution in [0.4, 0.5) is 0 Å². The van der Waals surface area contributed by atoms with Gasteiger partial charge in [0, 0.05) is 10.0 Å². The fraction of sp³-hybridized carbons (Fsp3) is 0.304. The average molecular weight is 443 g/mol. The Hall–Kier alpha value is -2.40. The Bertz CT molecular complexity index is 865. The molecule has 0 amide bonds. The number of benzene rings is 2.